The Labute approximate surface area is 113 Å². The quantitative estimate of drug-likeness (QED) is 0.736. The Balaban J connectivity index is 2.38. The zero-order valence-electron chi connectivity index (χ0n) is 11.3. The highest BCUT2D eigenvalue weighted by Crippen LogP contribution is 2.03. The molecule has 1 unspecified atom stereocenters. The van der Waals surface area contributed by atoms with E-state index in [1.54, 1.807) is 0 Å². The van der Waals surface area contributed by atoms with Crippen LogP contribution in [0.2, 0.25) is 0 Å². The monoisotopic (exact) mass is 264 g/mol. The summed E-state index contributed by atoms with van der Waals surface area (Å²) in [5.41, 5.74) is 0.935. The predicted molar refractivity (Wildman–Crippen MR) is 72.5 cm³/mol. The summed E-state index contributed by atoms with van der Waals surface area (Å²) < 4.78 is 5.12. The van der Waals surface area contributed by atoms with Crippen LogP contribution < -0.4 is 10.6 Å². The van der Waals surface area contributed by atoms with Crippen LogP contribution in [0.25, 0.3) is 0 Å². The van der Waals surface area contributed by atoms with Gasteiger partial charge in [0, 0.05) is 6.54 Å². The van der Waals surface area contributed by atoms with Crippen molar-refractivity contribution in [3.63, 3.8) is 0 Å². The largest absolute Gasteiger partial charge is 0.445 e. The van der Waals surface area contributed by atoms with Gasteiger partial charge in [0.1, 0.15) is 6.61 Å². The number of carbonyl (C=O) groups is 2. The van der Waals surface area contributed by atoms with E-state index in [1.807, 2.05) is 44.2 Å². The van der Waals surface area contributed by atoms with Gasteiger partial charge in [-0.2, -0.15) is 0 Å². The molecule has 1 aromatic carbocycles. The summed E-state index contributed by atoms with van der Waals surface area (Å²) in [6.45, 7) is 4.56. The lowest BCUT2D eigenvalue weighted by atomic mass is 10.1. The van der Waals surface area contributed by atoms with Crippen molar-refractivity contribution in [2.24, 2.45) is 5.92 Å². The molecule has 1 rings (SSSR count). The number of hydrogen-bond acceptors (Lipinski definition) is 3. The van der Waals surface area contributed by atoms with E-state index in [4.69, 9.17) is 4.74 Å². The molecule has 0 aliphatic rings. The Morgan fingerprint density at radius 1 is 1.32 bits per heavy atom. The second-order valence-electron chi connectivity index (χ2n) is 4.58. The smallest absolute Gasteiger partial charge is 0.407 e. The van der Waals surface area contributed by atoms with Crippen LogP contribution in [-0.4, -0.2) is 25.1 Å². The molecular weight excluding hydrogens is 244 g/mol. The molecule has 0 spiro atoms. The van der Waals surface area contributed by atoms with E-state index in [1.165, 1.54) is 0 Å². The average molecular weight is 264 g/mol. The van der Waals surface area contributed by atoms with Crippen molar-refractivity contribution in [1.82, 2.24) is 10.6 Å². The zero-order chi connectivity index (χ0) is 14.1. The summed E-state index contributed by atoms with van der Waals surface area (Å²) in [7, 11) is 0. The average Bonchev–Trinajstić information content (AvgIpc) is 2.42. The molecule has 0 aliphatic carbocycles. The molecule has 0 saturated carbocycles. The van der Waals surface area contributed by atoms with Crippen molar-refractivity contribution in [3.8, 4) is 0 Å². The Bertz CT molecular complexity index is 393. The van der Waals surface area contributed by atoms with Gasteiger partial charge in [0.05, 0.1) is 6.04 Å². The first kappa shape index (κ1) is 15.0. The minimum Gasteiger partial charge on any atom is -0.445 e. The molecule has 2 N–H and O–H groups in total. The van der Waals surface area contributed by atoms with Crippen molar-refractivity contribution < 1.29 is 14.3 Å². The van der Waals surface area contributed by atoms with Gasteiger partial charge in [0.2, 0.25) is 6.41 Å². The number of ether oxygens (including phenoxy) is 1. The number of benzene rings is 1. The summed E-state index contributed by atoms with van der Waals surface area (Å²) >= 11 is 0. The van der Waals surface area contributed by atoms with Crippen LogP contribution in [0.5, 0.6) is 0 Å². The van der Waals surface area contributed by atoms with Gasteiger partial charge >= 0.3 is 6.09 Å². The number of amides is 2. The van der Waals surface area contributed by atoms with Crippen LogP contribution in [0, 0.1) is 5.92 Å². The van der Waals surface area contributed by atoms with Crippen LogP contribution in [0.15, 0.2) is 30.3 Å². The maximum atomic E-state index is 11.6. The van der Waals surface area contributed by atoms with Crippen molar-refractivity contribution in [3.05, 3.63) is 35.9 Å². The lowest BCUT2D eigenvalue weighted by molar-refractivity contribution is -0.109. The Morgan fingerprint density at radius 3 is 2.58 bits per heavy atom. The zero-order valence-corrected chi connectivity index (χ0v) is 11.3. The Kier molecular flexibility index (Phi) is 6.43. The summed E-state index contributed by atoms with van der Waals surface area (Å²) in [5, 5.41) is 5.30. The standard InChI is InChI=1S/C14H20N2O3/c1-11(2)13(8-15-10-17)16-14(18)19-9-12-6-4-3-5-7-12/h3-7,10-11,13H,8-9H2,1-2H3,(H,15,17)(H,16,18). The van der Waals surface area contributed by atoms with Gasteiger partial charge in [0.25, 0.3) is 0 Å². The van der Waals surface area contributed by atoms with E-state index in [2.05, 4.69) is 10.6 Å². The van der Waals surface area contributed by atoms with Gasteiger partial charge in [-0.1, -0.05) is 44.2 Å². The van der Waals surface area contributed by atoms with Crippen molar-refractivity contribution in [2.75, 3.05) is 6.54 Å². The molecule has 0 bridgehead atoms. The Hall–Kier alpha value is -2.04. The highest BCUT2D eigenvalue weighted by atomic mass is 16.5. The van der Waals surface area contributed by atoms with Gasteiger partial charge in [-0.25, -0.2) is 4.79 Å². The van der Waals surface area contributed by atoms with Crippen molar-refractivity contribution in [1.29, 1.82) is 0 Å². The molecule has 1 atom stereocenters. The minimum atomic E-state index is -0.477. The maximum Gasteiger partial charge on any atom is 0.407 e. The van der Waals surface area contributed by atoms with Gasteiger partial charge in [0.15, 0.2) is 0 Å². The van der Waals surface area contributed by atoms with E-state index < -0.39 is 6.09 Å². The summed E-state index contributed by atoms with van der Waals surface area (Å²) in [6.07, 6.45) is 0.141. The molecular formula is C14H20N2O3. The van der Waals surface area contributed by atoms with Crippen LogP contribution in [0.1, 0.15) is 19.4 Å². The third kappa shape index (κ3) is 5.90. The lowest BCUT2D eigenvalue weighted by Crippen LogP contribution is -2.45. The van der Waals surface area contributed by atoms with Crippen LogP contribution in [0.4, 0.5) is 4.79 Å². The second-order valence-corrected chi connectivity index (χ2v) is 4.58. The molecule has 1 aromatic rings. The van der Waals surface area contributed by atoms with Crippen LogP contribution in [0.3, 0.4) is 0 Å². The molecule has 5 nitrogen and oxygen atoms in total. The van der Waals surface area contributed by atoms with E-state index in [0.29, 0.717) is 13.0 Å². The number of hydrogen-bond donors (Lipinski definition) is 2. The molecule has 0 saturated heterocycles. The number of nitrogens with one attached hydrogen (secondary N) is 2. The van der Waals surface area contributed by atoms with Crippen LogP contribution >= 0.6 is 0 Å². The maximum absolute atomic E-state index is 11.6. The normalized spacial score (nSPS) is 11.7. The van der Waals surface area contributed by atoms with E-state index in [9.17, 15) is 9.59 Å². The van der Waals surface area contributed by atoms with E-state index >= 15 is 0 Å². The highest BCUT2D eigenvalue weighted by Gasteiger charge is 2.16. The number of carbonyl (C=O) groups excluding carboxylic acids is 2. The third-order valence-corrected chi connectivity index (χ3v) is 2.74. The summed E-state index contributed by atoms with van der Waals surface area (Å²) in [6, 6.07) is 9.32. The molecule has 0 fully saturated rings. The molecule has 0 aliphatic heterocycles. The summed E-state index contributed by atoms with van der Waals surface area (Å²) in [5.74, 6) is 0.205. The Morgan fingerprint density at radius 2 is 2.00 bits per heavy atom. The van der Waals surface area contributed by atoms with Gasteiger partial charge in [-0.05, 0) is 11.5 Å². The van der Waals surface area contributed by atoms with Crippen molar-refractivity contribution in [2.45, 2.75) is 26.5 Å². The molecule has 104 valence electrons. The van der Waals surface area contributed by atoms with E-state index in [0.717, 1.165) is 5.56 Å². The van der Waals surface area contributed by atoms with Gasteiger partial charge in [-0.15, -0.1) is 0 Å². The van der Waals surface area contributed by atoms with E-state index in [-0.39, 0.29) is 18.6 Å². The fraction of sp³-hybridized carbons (Fsp3) is 0.429. The fourth-order valence-corrected chi connectivity index (χ4v) is 1.54. The predicted octanol–water partition coefficient (Wildman–Crippen LogP) is 1.68. The van der Waals surface area contributed by atoms with Crippen LogP contribution in [-0.2, 0) is 16.1 Å². The first-order valence-electron chi connectivity index (χ1n) is 6.27. The molecule has 0 aromatic heterocycles. The lowest BCUT2D eigenvalue weighted by Gasteiger charge is -2.21. The summed E-state index contributed by atoms with van der Waals surface area (Å²) in [4.78, 5) is 21.9. The number of alkyl carbamates (subject to hydrolysis) is 1. The molecule has 0 radical (unpaired) electrons. The van der Waals surface area contributed by atoms with Crippen molar-refractivity contribution >= 4 is 12.5 Å². The molecule has 5 heteroatoms. The SMILES string of the molecule is CC(C)C(CNC=O)NC(=O)OCc1ccccc1. The van der Waals surface area contributed by atoms with Gasteiger partial charge in [-0.3, -0.25) is 4.79 Å². The molecule has 2 amide bonds. The molecule has 0 heterocycles. The topological polar surface area (TPSA) is 67.4 Å². The second kappa shape index (κ2) is 8.13. The third-order valence-electron chi connectivity index (χ3n) is 2.74. The first-order valence-corrected chi connectivity index (χ1v) is 6.27. The fourth-order valence-electron chi connectivity index (χ4n) is 1.54. The first-order chi connectivity index (χ1) is 9.13. The minimum absolute atomic E-state index is 0.145. The highest BCUT2D eigenvalue weighted by molar-refractivity contribution is 5.67. The number of rotatable bonds is 7. The molecule has 19 heavy (non-hydrogen) atoms. The van der Waals surface area contributed by atoms with Gasteiger partial charge < -0.3 is 15.4 Å².